The molecule has 0 fully saturated rings. The van der Waals surface area contributed by atoms with Crippen molar-refractivity contribution in [3.63, 3.8) is 0 Å². The predicted octanol–water partition coefficient (Wildman–Crippen LogP) is 4.51. The molecule has 0 aliphatic rings. The van der Waals surface area contributed by atoms with Gasteiger partial charge in [-0.3, -0.25) is 9.59 Å². The van der Waals surface area contributed by atoms with Gasteiger partial charge in [0.1, 0.15) is 17.5 Å². The fraction of sp³-hybridized carbons (Fsp3) is 0.208. The number of aromatic nitrogens is 3. The molecule has 164 valence electrons. The topological polar surface area (TPSA) is 67.8 Å². The third kappa shape index (κ3) is 3.95. The van der Waals surface area contributed by atoms with Gasteiger partial charge < -0.3 is 4.98 Å². The molecular weight excluding hydrogens is 419 g/mol. The van der Waals surface area contributed by atoms with Crippen molar-refractivity contribution >= 4 is 10.8 Å². The monoisotopic (exact) mass is 439 g/mol. The van der Waals surface area contributed by atoms with Crippen molar-refractivity contribution in [1.82, 2.24) is 14.8 Å². The highest BCUT2D eigenvalue weighted by molar-refractivity contribution is 5.82. The van der Waals surface area contributed by atoms with E-state index in [9.17, 15) is 22.8 Å². The number of nitrogens with one attached hydrogen (secondary N) is 1. The zero-order valence-electron chi connectivity index (χ0n) is 17.7. The summed E-state index contributed by atoms with van der Waals surface area (Å²) >= 11 is 0. The fourth-order valence-electron chi connectivity index (χ4n) is 3.51. The van der Waals surface area contributed by atoms with Gasteiger partial charge in [-0.2, -0.15) is 5.10 Å². The number of hydrogen-bond acceptors (Lipinski definition) is 3. The van der Waals surface area contributed by atoms with Gasteiger partial charge in [0, 0.05) is 23.2 Å². The van der Waals surface area contributed by atoms with E-state index < -0.39 is 35.1 Å². The summed E-state index contributed by atoms with van der Waals surface area (Å²) in [6.07, 6.45) is 2.69. The lowest BCUT2D eigenvalue weighted by Crippen LogP contribution is -2.25. The number of aromatic amines is 1. The predicted molar refractivity (Wildman–Crippen MR) is 116 cm³/mol. The molecule has 2 aromatic heterocycles. The molecule has 0 spiro atoms. The van der Waals surface area contributed by atoms with Crippen LogP contribution in [-0.4, -0.2) is 14.8 Å². The number of fused-ring (bicyclic) bond motifs is 1. The first-order valence-electron chi connectivity index (χ1n) is 9.91. The summed E-state index contributed by atoms with van der Waals surface area (Å²) in [7, 11) is 0. The van der Waals surface area contributed by atoms with Gasteiger partial charge in [0.15, 0.2) is 0 Å². The molecule has 0 aliphatic heterocycles. The first-order valence-corrected chi connectivity index (χ1v) is 9.91. The van der Waals surface area contributed by atoms with E-state index in [1.165, 1.54) is 30.6 Å². The minimum atomic E-state index is -0.905. The van der Waals surface area contributed by atoms with E-state index in [-0.39, 0.29) is 21.9 Å². The number of hydrogen-bond donors (Lipinski definition) is 1. The largest absolute Gasteiger partial charge is 0.329 e. The van der Waals surface area contributed by atoms with E-state index in [1.807, 2.05) is 20.8 Å². The lowest BCUT2D eigenvalue weighted by molar-refractivity contribution is 0.525. The average molecular weight is 439 g/mol. The molecular formula is C24H20F3N3O2. The van der Waals surface area contributed by atoms with Crippen LogP contribution >= 0.6 is 0 Å². The van der Waals surface area contributed by atoms with Crippen LogP contribution in [0, 0.1) is 17.5 Å². The molecule has 2 heterocycles. The maximum atomic E-state index is 14.8. The van der Waals surface area contributed by atoms with E-state index in [2.05, 4.69) is 10.1 Å². The highest BCUT2D eigenvalue weighted by Gasteiger charge is 2.20. The van der Waals surface area contributed by atoms with Crippen molar-refractivity contribution in [1.29, 1.82) is 0 Å². The molecule has 0 amide bonds. The maximum absolute atomic E-state index is 14.8. The highest BCUT2D eigenvalue weighted by Crippen LogP contribution is 2.27. The molecule has 5 nitrogen and oxygen atoms in total. The van der Waals surface area contributed by atoms with Crippen molar-refractivity contribution < 1.29 is 13.2 Å². The summed E-state index contributed by atoms with van der Waals surface area (Å²) in [6, 6.07) is 7.88. The summed E-state index contributed by atoms with van der Waals surface area (Å²) in [5.41, 5.74) is -0.686. The van der Waals surface area contributed by atoms with Gasteiger partial charge in [0.05, 0.1) is 18.1 Å². The zero-order valence-corrected chi connectivity index (χ0v) is 17.7. The lowest BCUT2D eigenvalue weighted by Gasteiger charge is -2.20. The van der Waals surface area contributed by atoms with Crippen LogP contribution in [0.15, 0.2) is 58.4 Å². The second-order valence-corrected chi connectivity index (χ2v) is 8.64. The number of rotatable bonds is 3. The number of benzene rings is 2. The summed E-state index contributed by atoms with van der Waals surface area (Å²) in [6.45, 7) is 5.25. The van der Waals surface area contributed by atoms with Crippen LogP contribution in [0.4, 0.5) is 13.2 Å². The van der Waals surface area contributed by atoms with Crippen LogP contribution in [0.25, 0.3) is 21.9 Å². The molecule has 0 unspecified atom stereocenters. The SMILES string of the molecule is CC(C)(C)c1cc(F)c2c(=O)n(Cc3c(F)cc(-c4cc[nH]c(=O)c4)cc3F)ncc2c1. The first-order chi connectivity index (χ1) is 15.0. The Morgan fingerprint density at radius 1 is 0.938 bits per heavy atom. The highest BCUT2D eigenvalue weighted by atomic mass is 19.1. The Hall–Kier alpha value is -3.68. The minimum Gasteiger partial charge on any atom is -0.329 e. The van der Waals surface area contributed by atoms with Gasteiger partial charge >= 0.3 is 0 Å². The smallest absolute Gasteiger partial charge is 0.277 e. The molecule has 0 saturated heterocycles. The number of nitrogens with zero attached hydrogens (tertiary/aromatic N) is 2. The standard InChI is InChI=1S/C24H20F3N3O2/c1-24(2,3)16-6-15-11-29-30(23(32)22(15)20(27)10-16)12-17-18(25)7-14(8-19(17)26)13-4-5-28-21(31)9-13/h4-11H,12H2,1-3H3,(H,28,31). The zero-order chi connectivity index (χ0) is 23.2. The van der Waals surface area contributed by atoms with Crippen LogP contribution < -0.4 is 11.1 Å². The molecule has 8 heteroatoms. The Labute approximate surface area is 181 Å². The molecule has 2 aromatic carbocycles. The second-order valence-electron chi connectivity index (χ2n) is 8.64. The average Bonchev–Trinajstić information content (AvgIpc) is 2.71. The Bertz CT molecular complexity index is 1440. The van der Waals surface area contributed by atoms with Crippen molar-refractivity contribution in [3.8, 4) is 11.1 Å². The van der Waals surface area contributed by atoms with Crippen LogP contribution in [-0.2, 0) is 12.0 Å². The van der Waals surface area contributed by atoms with Crippen molar-refractivity contribution in [2.45, 2.75) is 32.7 Å². The van der Waals surface area contributed by atoms with Crippen molar-refractivity contribution in [3.05, 3.63) is 98.1 Å². The van der Waals surface area contributed by atoms with Gasteiger partial charge in [-0.1, -0.05) is 20.8 Å². The van der Waals surface area contributed by atoms with Crippen LogP contribution in [0.3, 0.4) is 0 Å². The van der Waals surface area contributed by atoms with Gasteiger partial charge in [-0.05, 0) is 52.4 Å². The molecule has 0 aliphatic carbocycles. The molecule has 32 heavy (non-hydrogen) atoms. The minimum absolute atomic E-state index is 0.175. The molecule has 4 rings (SSSR count). The van der Waals surface area contributed by atoms with E-state index >= 15 is 0 Å². The van der Waals surface area contributed by atoms with Gasteiger partial charge in [0.25, 0.3) is 5.56 Å². The maximum Gasteiger partial charge on any atom is 0.277 e. The normalized spacial score (nSPS) is 11.8. The summed E-state index contributed by atoms with van der Waals surface area (Å²) in [5, 5.41) is 4.13. The van der Waals surface area contributed by atoms with E-state index in [1.54, 1.807) is 6.07 Å². The van der Waals surface area contributed by atoms with E-state index in [0.29, 0.717) is 16.5 Å². The third-order valence-electron chi connectivity index (χ3n) is 5.33. The molecule has 0 bridgehead atoms. The van der Waals surface area contributed by atoms with Crippen molar-refractivity contribution in [2.24, 2.45) is 0 Å². The van der Waals surface area contributed by atoms with Crippen LogP contribution in [0.1, 0.15) is 31.9 Å². The molecule has 0 saturated carbocycles. The number of halogens is 3. The van der Waals surface area contributed by atoms with E-state index in [0.717, 1.165) is 16.8 Å². The van der Waals surface area contributed by atoms with E-state index in [4.69, 9.17) is 0 Å². The first kappa shape index (κ1) is 21.5. The van der Waals surface area contributed by atoms with Crippen LogP contribution in [0.2, 0.25) is 0 Å². The Kier molecular flexibility index (Phi) is 5.24. The number of pyridine rings is 1. The summed E-state index contributed by atoms with van der Waals surface area (Å²) < 4.78 is 45.1. The Morgan fingerprint density at radius 3 is 2.25 bits per heavy atom. The second kappa shape index (κ2) is 7.78. The third-order valence-corrected chi connectivity index (χ3v) is 5.33. The van der Waals surface area contributed by atoms with Crippen LogP contribution in [0.5, 0.6) is 0 Å². The molecule has 0 atom stereocenters. The molecule has 1 N–H and O–H groups in total. The number of H-pyrrole nitrogens is 1. The Balaban J connectivity index is 1.77. The van der Waals surface area contributed by atoms with Gasteiger partial charge in [0.2, 0.25) is 5.56 Å². The van der Waals surface area contributed by atoms with Crippen molar-refractivity contribution in [2.75, 3.05) is 0 Å². The summed E-state index contributed by atoms with van der Waals surface area (Å²) in [4.78, 5) is 26.7. The lowest BCUT2D eigenvalue weighted by atomic mass is 9.86. The summed E-state index contributed by atoms with van der Waals surface area (Å²) in [5.74, 6) is -2.52. The van der Waals surface area contributed by atoms with Gasteiger partial charge in [-0.25, -0.2) is 17.9 Å². The quantitative estimate of drug-likeness (QED) is 0.511. The molecule has 4 aromatic rings. The fourth-order valence-corrected chi connectivity index (χ4v) is 3.51. The molecule has 0 radical (unpaired) electrons. The Morgan fingerprint density at radius 2 is 1.62 bits per heavy atom. The van der Waals surface area contributed by atoms with Gasteiger partial charge in [-0.15, -0.1) is 0 Å².